The van der Waals surface area contributed by atoms with Crippen molar-refractivity contribution < 1.29 is 9.53 Å². The van der Waals surface area contributed by atoms with Gasteiger partial charge in [-0.1, -0.05) is 15.9 Å². The van der Waals surface area contributed by atoms with Crippen molar-refractivity contribution in [3.05, 3.63) is 58.6 Å². The van der Waals surface area contributed by atoms with Crippen LogP contribution in [0.2, 0.25) is 0 Å². The van der Waals surface area contributed by atoms with E-state index in [4.69, 9.17) is 12.2 Å². The molecule has 6 heteroatoms. The van der Waals surface area contributed by atoms with E-state index in [0.29, 0.717) is 10.7 Å². The molecule has 0 aliphatic rings. The maximum absolute atomic E-state index is 11.3. The Morgan fingerprint density at radius 1 is 1.00 bits per heavy atom. The second-order valence-corrected chi connectivity index (χ2v) is 5.48. The van der Waals surface area contributed by atoms with Gasteiger partial charge in [0.1, 0.15) is 0 Å². The molecule has 0 unspecified atom stereocenters. The van der Waals surface area contributed by atoms with Gasteiger partial charge in [-0.2, -0.15) is 0 Å². The number of carbonyl (C=O) groups is 1. The molecule has 0 amide bonds. The Bertz CT molecular complexity index is 642. The average molecular weight is 365 g/mol. The summed E-state index contributed by atoms with van der Waals surface area (Å²) in [6.07, 6.45) is 0. The Morgan fingerprint density at radius 2 is 1.48 bits per heavy atom. The molecule has 0 saturated carbocycles. The summed E-state index contributed by atoms with van der Waals surface area (Å²) < 4.78 is 5.65. The van der Waals surface area contributed by atoms with Gasteiger partial charge in [0, 0.05) is 15.8 Å². The molecule has 0 radical (unpaired) electrons. The molecule has 0 aliphatic carbocycles. The summed E-state index contributed by atoms with van der Waals surface area (Å²) in [5.74, 6) is -0.364. The molecule has 21 heavy (non-hydrogen) atoms. The highest BCUT2D eigenvalue weighted by atomic mass is 79.9. The number of benzene rings is 2. The van der Waals surface area contributed by atoms with Gasteiger partial charge in [0.25, 0.3) is 0 Å². The standard InChI is InChI=1S/C15H13BrN2O2S/c1-20-14(19)10-2-6-12(7-3-10)17-15(21)18-13-8-4-11(16)5-9-13/h2-9H,1H3,(H2,17,18,21). The average Bonchev–Trinajstić information content (AvgIpc) is 2.49. The first-order chi connectivity index (χ1) is 10.1. The highest BCUT2D eigenvalue weighted by molar-refractivity contribution is 9.10. The van der Waals surface area contributed by atoms with Gasteiger partial charge >= 0.3 is 5.97 Å². The Kier molecular flexibility index (Phi) is 5.30. The lowest BCUT2D eigenvalue weighted by atomic mass is 10.2. The van der Waals surface area contributed by atoms with E-state index in [1.165, 1.54) is 7.11 Å². The molecule has 2 N–H and O–H groups in total. The van der Waals surface area contributed by atoms with Crippen LogP contribution in [0.5, 0.6) is 0 Å². The molecule has 0 bridgehead atoms. The van der Waals surface area contributed by atoms with Gasteiger partial charge in [-0.15, -0.1) is 0 Å². The fraction of sp³-hybridized carbons (Fsp3) is 0.0667. The third-order valence-corrected chi connectivity index (χ3v) is 3.40. The van der Waals surface area contributed by atoms with Crippen LogP contribution < -0.4 is 10.6 Å². The zero-order valence-electron chi connectivity index (χ0n) is 11.2. The molecule has 4 nitrogen and oxygen atoms in total. The van der Waals surface area contributed by atoms with E-state index in [-0.39, 0.29) is 5.97 Å². The van der Waals surface area contributed by atoms with Crippen LogP contribution in [0.3, 0.4) is 0 Å². The number of hydrogen-bond donors (Lipinski definition) is 2. The van der Waals surface area contributed by atoms with Gasteiger partial charge in [-0.3, -0.25) is 0 Å². The van der Waals surface area contributed by atoms with E-state index in [1.807, 2.05) is 24.3 Å². The number of halogens is 1. The zero-order valence-corrected chi connectivity index (χ0v) is 13.6. The number of thiocarbonyl (C=S) groups is 1. The molecule has 2 aromatic rings. The Labute approximate surface area is 136 Å². The van der Waals surface area contributed by atoms with Crippen molar-refractivity contribution in [2.24, 2.45) is 0 Å². The normalized spacial score (nSPS) is 9.81. The van der Waals surface area contributed by atoms with Crippen LogP contribution in [-0.2, 0) is 4.74 Å². The van der Waals surface area contributed by atoms with Gasteiger partial charge in [0.15, 0.2) is 5.11 Å². The fourth-order valence-corrected chi connectivity index (χ4v) is 2.13. The SMILES string of the molecule is COC(=O)c1ccc(NC(=S)Nc2ccc(Br)cc2)cc1. The minimum absolute atomic E-state index is 0.364. The molecule has 2 aromatic carbocycles. The third kappa shape index (κ3) is 4.54. The smallest absolute Gasteiger partial charge is 0.337 e. The van der Waals surface area contributed by atoms with Gasteiger partial charge < -0.3 is 15.4 Å². The number of hydrogen-bond acceptors (Lipinski definition) is 3. The quantitative estimate of drug-likeness (QED) is 0.635. The van der Waals surface area contributed by atoms with Crippen molar-refractivity contribution >= 4 is 50.6 Å². The summed E-state index contributed by atoms with van der Waals surface area (Å²) in [7, 11) is 1.35. The van der Waals surface area contributed by atoms with Crippen LogP contribution >= 0.6 is 28.1 Å². The van der Waals surface area contributed by atoms with Crippen molar-refractivity contribution in [3.63, 3.8) is 0 Å². The molecule has 0 aliphatic heterocycles. The predicted octanol–water partition coefficient (Wildman–Crippen LogP) is 4.04. The molecule has 0 heterocycles. The van der Waals surface area contributed by atoms with E-state index >= 15 is 0 Å². The third-order valence-electron chi connectivity index (χ3n) is 2.67. The number of methoxy groups -OCH3 is 1. The first-order valence-corrected chi connectivity index (χ1v) is 7.30. The Hall–Kier alpha value is -1.92. The van der Waals surface area contributed by atoms with E-state index < -0.39 is 0 Å². The number of esters is 1. The molecule has 0 fully saturated rings. The fourth-order valence-electron chi connectivity index (χ4n) is 1.63. The maximum atomic E-state index is 11.3. The molecule has 0 atom stereocenters. The molecule has 0 aromatic heterocycles. The lowest BCUT2D eigenvalue weighted by Gasteiger charge is -2.11. The molecule has 0 saturated heterocycles. The van der Waals surface area contributed by atoms with Crippen LogP contribution in [-0.4, -0.2) is 18.2 Å². The van der Waals surface area contributed by atoms with Crippen molar-refractivity contribution in [2.45, 2.75) is 0 Å². The van der Waals surface area contributed by atoms with Gasteiger partial charge in [0.2, 0.25) is 0 Å². The van der Waals surface area contributed by atoms with Crippen molar-refractivity contribution in [3.8, 4) is 0 Å². The largest absolute Gasteiger partial charge is 0.465 e. The van der Waals surface area contributed by atoms with Crippen LogP contribution in [0.4, 0.5) is 11.4 Å². The van der Waals surface area contributed by atoms with E-state index in [2.05, 4.69) is 31.3 Å². The summed E-state index contributed by atoms with van der Waals surface area (Å²) in [6.45, 7) is 0. The number of nitrogens with one attached hydrogen (secondary N) is 2. The van der Waals surface area contributed by atoms with Gasteiger partial charge in [-0.25, -0.2) is 4.79 Å². The highest BCUT2D eigenvalue weighted by Gasteiger charge is 2.05. The lowest BCUT2D eigenvalue weighted by molar-refractivity contribution is 0.0601. The minimum atomic E-state index is -0.364. The van der Waals surface area contributed by atoms with Crippen molar-refractivity contribution in [1.29, 1.82) is 0 Å². The molecule has 0 spiro atoms. The van der Waals surface area contributed by atoms with Crippen LogP contribution in [0.1, 0.15) is 10.4 Å². The molecular weight excluding hydrogens is 352 g/mol. The van der Waals surface area contributed by atoms with Crippen LogP contribution in [0.25, 0.3) is 0 Å². The summed E-state index contributed by atoms with van der Waals surface area (Å²) >= 11 is 8.61. The summed E-state index contributed by atoms with van der Waals surface area (Å²) in [5, 5.41) is 6.59. The molecular formula is C15H13BrN2O2S. The van der Waals surface area contributed by atoms with Crippen molar-refractivity contribution in [2.75, 3.05) is 17.7 Å². The highest BCUT2D eigenvalue weighted by Crippen LogP contribution is 2.15. The van der Waals surface area contributed by atoms with E-state index in [9.17, 15) is 4.79 Å². The van der Waals surface area contributed by atoms with Crippen LogP contribution in [0.15, 0.2) is 53.0 Å². The Morgan fingerprint density at radius 3 is 1.95 bits per heavy atom. The first kappa shape index (κ1) is 15.5. The molecule has 108 valence electrons. The summed E-state index contributed by atoms with van der Waals surface area (Å²) in [6, 6.07) is 14.6. The number of ether oxygens (including phenoxy) is 1. The first-order valence-electron chi connectivity index (χ1n) is 6.10. The summed E-state index contributed by atoms with van der Waals surface area (Å²) in [5.41, 5.74) is 2.17. The Balaban J connectivity index is 1.96. The minimum Gasteiger partial charge on any atom is -0.465 e. The van der Waals surface area contributed by atoms with Gasteiger partial charge in [-0.05, 0) is 60.7 Å². The maximum Gasteiger partial charge on any atom is 0.337 e. The lowest BCUT2D eigenvalue weighted by Crippen LogP contribution is -2.19. The monoisotopic (exact) mass is 364 g/mol. The number of carbonyl (C=O) groups excluding carboxylic acids is 1. The predicted molar refractivity (Wildman–Crippen MR) is 91.8 cm³/mol. The second-order valence-electron chi connectivity index (χ2n) is 4.15. The van der Waals surface area contributed by atoms with Gasteiger partial charge in [0.05, 0.1) is 12.7 Å². The summed E-state index contributed by atoms with van der Waals surface area (Å²) in [4.78, 5) is 11.3. The van der Waals surface area contributed by atoms with E-state index in [1.54, 1.807) is 24.3 Å². The topological polar surface area (TPSA) is 50.4 Å². The number of rotatable bonds is 3. The molecule has 2 rings (SSSR count). The van der Waals surface area contributed by atoms with Crippen LogP contribution in [0, 0.1) is 0 Å². The zero-order chi connectivity index (χ0) is 15.2. The second kappa shape index (κ2) is 7.19. The van der Waals surface area contributed by atoms with E-state index in [0.717, 1.165) is 15.8 Å². The number of anilines is 2. The van der Waals surface area contributed by atoms with Crippen molar-refractivity contribution in [1.82, 2.24) is 0 Å².